The Labute approximate surface area is 122 Å². The molecule has 1 heterocycles. The maximum absolute atomic E-state index is 12.9. The molecule has 0 N–H and O–H groups in total. The Hall–Kier alpha value is -1.08. The van der Waals surface area contributed by atoms with Crippen molar-refractivity contribution in [2.24, 2.45) is 5.41 Å². The van der Waals surface area contributed by atoms with E-state index in [1.54, 1.807) is 0 Å². The highest BCUT2D eigenvalue weighted by Crippen LogP contribution is 2.36. The van der Waals surface area contributed by atoms with E-state index >= 15 is 0 Å². The third-order valence-corrected chi connectivity index (χ3v) is 5.12. The Morgan fingerprint density at radius 3 is 2.45 bits per heavy atom. The number of rotatable bonds is 2. The Kier molecular flexibility index (Phi) is 5.04. The van der Waals surface area contributed by atoms with Crippen LogP contribution in [0.1, 0.15) is 51.9 Å². The van der Waals surface area contributed by atoms with Gasteiger partial charge in [0.05, 0.1) is 6.07 Å². The third kappa shape index (κ3) is 2.98. The minimum atomic E-state index is -0.731. The lowest BCUT2D eigenvalue weighted by atomic mass is 9.80. The molecule has 0 spiro atoms. The number of hydrogen-bond acceptors (Lipinski definition) is 3. The summed E-state index contributed by atoms with van der Waals surface area (Å²) >= 11 is 0. The van der Waals surface area contributed by atoms with Gasteiger partial charge in [0.25, 0.3) is 0 Å². The van der Waals surface area contributed by atoms with Gasteiger partial charge in [-0.2, -0.15) is 5.26 Å². The van der Waals surface area contributed by atoms with Gasteiger partial charge in [0.15, 0.2) is 0 Å². The van der Waals surface area contributed by atoms with Crippen molar-refractivity contribution < 1.29 is 4.79 Å². The minimum Gasteiger partial charge on any atom is -0.338 e. The number of piperazine rings is 1. The van der Waals surface area contributed by atoms with Gasteiger partial charge in [-0.05, 0) is 26.3 Å². The average Bonchev–Trinajstić information content (AvgIpc) is 2.73. The zero-order valence-corrected chi connectivity index (χ0v) is 12.9. The van der Waals surface area contributed by atoms with Gasteiger partial charge in [0.1, 0.15) is 5.41 Å². The topological polar surface area (TPSA) is 47.3 Å². The Morgan fingerprint density at radius 2 is 1.90 bits per heavy atom. The summed E-state index contributed by atoms with van der Waals surface area (Å²) in [5.41, 5.74) is -0.731. The quantitative estimate of drug-likeness (QED) is 0.728. The predicted octanol–water partition coefficient (Wildman–Crippen LogP) is 2.40. The molecule has 1 amide bonds. The molecular weight excluding hydrogens is 250 g/mol. The SMILES string of the molecule is CCC1CN(C(=O)C2(C#N)CCCCCC2)CCN1C. The molecule has 112 valence electrons. The van der Waals surface area contributed by atoms with Crippen LogP contribution >= 0.6 is 0 Å². The minimum absolute atomic E-state index is 0.105. The largest absolute Gasteiger partial charge is 0.338 e. The van der Waals surface area contributed by atoms with E-state index in [9.17, 15) is 10.1 Å². The predicted molar refractivity (Wildman–Crippen MR) is 79.0 cm³/mol. The molecule has 1 atom stereocenters. The zero-order chi connectivity index (χ0) is 14.6. The molecule has 2 rings (SSSR count). The number of likely N-dealkylation sites (N-methyl/N-ethyl adjacent to an activating group) is 1. The van der Waals surface area contributed by atoms with E-state index in [0.29, 0.717) is 6.04 Å². The Morgan fingerprint density at radius 1 is 1.25 bits per heavy atom. The maximum atomic E-state index is 12.9. The lowest BCUT2D eigenvalue weighted by Gasteiger charge is -2.41. The number of amides is 1. The first-order valence-corrected chi connectivity index (χ1v) is 8.04. The fourth-order valence-corrected chi connectivity index (χ4v) is 3.58. The number of nitrogens with zero attached hydrogens (tertiary/aromatic N) is 3. The van der Waals surface area contributed by atoms with Crippen LogP contribution in [0, 0.1) is 16.7 Å². The summed E-state index contributed by atoms with van der Waals surface area (Å²) in [6, 6.07) is 2.83. The molecule has 1 aliphatic heterocycles. The normalized spacial score (nSPS) is 27.6. The molecular formula is C16H27N3O. The highest BCUT2D eigenvalue weighted by Gasteiger charge is 2.43. The molecule has 2 fully saturated rings. The molecule has 0 aromatic heterocycles. The molecule has 4 heteroatoms. The summed E-state index contributed by atoms with van der Waals surface area (Å²) in [5, 5.41) is 9.63. The number of carbonyl (C=O) groups excluding carboxylic acids is 1. The van der Waals surface area contributed by atoms with Gasteiger partial charge in [-0.15, -0.1) is 0 Å². The first kappa shape index (κ1) is 15.3. The molecule has 0 bridgehead atoms. The van der Waals surface area contributed by atoms with Gasteiger partial charge in [-0.3, -0.25) is 9.69 Å². The van der Waals surface area contributed by atoms with Crippen LogP contribution in [-0.2, 0) is 4.79 Å². The standard InChI is InChI=1S/C16H27N3O/c1-3-14-12-19(11-10-18(14)2)15(20)16(13-17)8-6-4-5-7-9-16/h14H,3-12H2,1-2H3. The molecule has 4 nitrogen and oxygen atoms in total. The molecule has 0 aromatic carbocycles. The van der Waals surface area contributed by atoms with Gasteiger partial charge in [-0.1, -0.05) is 32.6 Å². The first-order valence-electron chi connectivity index (χ1n) is 8.04. The lowest BCUT2D eigenvalue weighted by molar-refractivity contribution is -0.142. The first-order chi connectivity index (χ1) is 9.63. The van der Waals surface area contributed by atoms with E-state index in [1.807, 2.05) is 4.90 Å². The third-order valence-electron chi connectivity index (χ3n) is 5.12. The van der Waals surface area contributed by atoms with Crippen molar-refractivity contribution in [1.82, 2.24) is 9.80 Å². The maximum Gasteiger partial charge on any atom is 0.243 e. The van der Waals surface area contributed by atoms with Gasteiger partial charge < -0.3 is 4.90 Å². The van der Waals surface area contributed by atoms with Crippen molar-refractivity contribution >= 4 is 5.91 Å². The van der Waals surface area contributed by atoms with Crippen LogP contribution < -0.4 is 0 Å². The zero-order valence-electron chi connectivity index (χ0n) is 12.9. The van der Waals surface area contributed by atoms with Gasteiger partial charge in [0, 0.05) is 25.7 Å². The summed E-state index contributed by atoms with van der Waals surface area (Å²) in [6.45, 7) is 4.65. The summed E-state index contributed by atoms with van der Waals surface area (Å²) in [4.78, 5) is 17.2. The summed E-state index contributed by atoms with van der Waals surface area (Å²) in [5.74, 6) is 0.105. The lowest BCUT2D eigenvalue weighted by Crippen LogP contribution is -2.56. The van der Waals surface area contributed by atoms with Crippen molar-refractivity contribution in [3.63, 3.8) is 0 Å². The number of hydrogen-bond donors (Lipinski definition) is 0. The van der Waals surface area contributed by atoms with Gasteiger partial charge in [-0.25, -0.2) is 0 Å². The van der Waals surface area contributed by atoms with Crippen molar-refractivity contribution in [3.05, 3.63) is 0 Å². The monoisotopic (exact) mass is 277 g/mol. The summed E-state index contributed by atoms with van der Waals surface area (Å²) < 4.78 is 0. The molecule has 20 heavy (non-hydrogen) atoms. The van der Waals surface area contributed by atoms with E-state index in [1.165, 1.54) is 0 Å². The summed E-state index contributed by atoms with van der Waals surface area (Å²) in [7, 11) is 2.13. The molecule has 1 unspecified atom stereocenters. The molecule has 0 radical (unpaired) electrons. The second-order valence-corrected chi connectivity index (χ2v) is 6.40. The fraction of sp³-hybridized carbons (Fsp3) is 0.875. The van der Waals surface area contributed by atoms with Crippen LogP contribution in [0.3, 0.4) is 0 Å². The van der Waals surface area contributed by atoms with Crippen molar-refractivity contribution in [2.45, 2.75) is 57.9 Å². The van der Waals surface area contributed by atoms with E-state index in [4.69, 9.17) is 0 Å². The van der Waals surface area contributed by atoms with Gasteiger partial charge in [0.2, 0.25) is 5.91 Å². The second-order valence-electron chi connectivity index (χ2n) is 6.40. The molecule has 1 saturated carbocycles. The van der Waals surface area contributed by atoms with Crippen LogP contribution in [0.5, 0.6) is 0 Å². The van der Waals surface area contributed by atoms with E-state index < -0.39 is 5.41 Å². The molecule has 1 aliphatic carbocycles. The summed E-state index contributed by atoms with van der Waals surface area (Å²) in [6.07, 6.45) is 6.93. The number of nitriles is 1. The second kappa shape index (κ2) is 6.58. The van der Waals surface area contributed by atoms with Crippen LogP contribution in [0.4, 0.5) is 0 Å². The van der Waals surface area contributed by atoms with Crippen LogP contribution in [0.25, 0.3) is 0 Å². The van der Waals surface area contributed by atoms with Crippen LogP contribution in [0.15, 0.2) is 0 Å². The fourth-order valence-electron chi connectivity index (χ4n) is 3.58. The highest BCUT2D eigenvalue weighted by atomic mass is 16.2. The Balaban J connectivity index is 2.10. The average molecular weight is 277 g/mol. The molecule has 2 aliphatic rings. The smallest absolute Gasteiger partial charge is 0.243 e. The molecule has 0 aromatic rings. The molecule has 1 saturated heterocycles. The van der Waals surface area contributed by atoms with Crippen LogP contribution in [-0.4, -0.2) is 48.4 Å². The van der Waals surface area contributed by atoms with Crippen molar-refractivity contribution in [3.8, 4) is 6.07 Å². The van der Waals surface area contributed by atoms with Gasteiger partial charge >= 0.3 is 0 Å². The van der Waals surface area contributed by atoms with E-state index in [0.717, 1.165) is 64.6 Å². The highest BCUT2D eigenvalue weighted by molar-refractivity contribution is 5.85. The number of carbonyl (C=O) groups is 1. The van der Waals surface area contributed by atoms with E-state index in [2.05, 4.69) is 24.9 Å². The van der Waals surface area contributed by atoms with E-state index in [-0.39, 0.29) is 5.91 Å². The van der Waals surface area contributed by atoms with Crippen molar-refractivity contribution in [1.29, 1.82) is 5.26 Å². The van der Waals surface area contributed by atoms with Crippen LogP contribution in [0.2, 0.25) is 0 Å². The Bertz CT molecular complexity index is 380. The van der Waals surface area contributed by atoms with Crippen molar-refractivity contribution in [2.75, 3.05) is 26.7 Å².